The lowest BCUT2D eigenvalue weighted by Crippen LogP contribution is -2.40. The van der Waals surface area contributed by atoms with Crippen molar-refractivity contribution in [1.29, 1.82) is 0 Å². The molecule has 0 saturated carbocycles. The molecule has 172 valence electrons. The minimum absolute atomic E-state index is 0.212. The summed E-state index contributed by atoms with van der Waals surface area (Å²) in [6.45, 7) is 5.36. The highest BCUT2D eigenvalue weighted by Gasteiger charge is 2.33. The minimum Gasteiger partial charge on any atom is -0.459 e. The van der Waals surface area contributed by atoms with Crippen LogP contribution < -0.4 is 14.9 Å². The number of hydrogen-bond donors (Lipinski definition) is 1. The first-order valence-corrected chi connectivity index (χ1v) is 12.1. The van der Waals surface area contributed by atoms with Crippen LogP contribution in [0, 0.1) is 0 Å². The summed E-state index contributed by atoms with van der Waals surface area (Å²) in [6.07, 6.45) is 3.45. The third-order valence-electron chi connectivity index (χ3n) is 5.68. The molecular formula is C26H22ClN3O3S. The Morgan fingerprint density at radius 1 is 1.21 bits per heavy atom. The van der Waals surface area contributed by atoms with E-state index in [0.717, 1.165) is 22.0 Å². The quantitative estimate of drug-likeness (QED) is 0.432. The van der Waals surface area contributed by atoms with Gasteiger partial charge in [0.15, 0.2) is 4.80 Å². The van der Waals surface area contributed by atoms with Crippen molar-refractivity contribution in [3.8, 4) is 0 Å². The fourth-order valence-electron chi connectivity index (χ4n) is 4.18. The second-order valence-corrected chi connectivity index (χ2v) is 9.82. The minimum atomic E-state index is -0.662. The predicted octanol–water partition coefficient (Wildman–Crippen LogP) is 4.32. The van der Waals surface area contributed by atoms with E-state index in [0.29, 0.717) is 25.6 Å². The molecule has 0 aliphatic carbocycles. The summed E-state index contributed by atoms with van der Waals surface area (Å²) in [4.78, 5) is 35.2. The van der Waals surface area contributed by atoms with E-state index in [-0.39, 0.29) is 11.7 Å². The molecule has 0 spiro atoms. The lowest BCUT2D eigenvalue weighted by atomic mass is 9.96. The topological polar surface area (TPSA) is 76.5 Å². The lowest BCUT2D eigenvalue weighted by molar-refractivity contribution is -0.143. The molecule has 4 aromatic rings. The first-order chi connectivity index (χ1) is 16.3. The van der Waals surface area contributed by atoms with Crippen LogP contribution in [0.15, 0.2) is 75.8 Å². The molecule has 3 heterocycles. The number of benzene rings is 2. The van der Waals surface area contributed by atoms with E-state index in [1.165, 1.54) is 11.3 Å². The maximum absolute atomic E-state index is 13.7. The molecule has 1 atom stereocenters. The average molecular weight is 492 g/mol. The number of nitrogens with zero attached hydrogens (tertiary/aromatic N) is 2. The first-order valence-electron chi connectivity index (χ1n) is 10.9. The normalized spacial score (nSPS) is 16.1. The molecule has 1 unspecified atom stereocenters. The van der Waals surface area contributed by atoms with Gasteiger partial charge in [-0.3, -0.25) is 9.36 Å². The van der Waals surface area contributed by atoms with Crippen LogP contribution in [-0.2, 0) is 9.53 Å². The zero-order valence-corrected chi connectivity index (χ0v) is 20.4. The number of esters is 1. The van der Waals surface area contributed by atoms with Crippen molar-refractivity contribution in [2.75, 3.05) is 0 Å². The number of aromatic amines is 1. The maximum Gasteiger partial charge on any atom is 0.338 e. The second kappa shape index (κ2) is 8.74. The second-order valence-electron chi connectivity index (χ2n) is 8.38. The Hall–Kier alpha value is -3.42. The zero-order chi connectivity index (χ0) is 24.0. The van der Waals surface area contributed by atoms with Gasteiger partial charge in [-0.15, -0.1) is 0 Å². The predicted molar refractivity (Wildman–Crippen MR) is 135 cm³/mol. The van der Waals surface area contributed by atoms with Crippen molar-refractivity contribution >= 4 is 45.9 Å². The first kappa shape index (κ1) is 22.4. The number of H-pyrrole nitrogens is 1. The van der Waals surface area contributed by atoms with Crippen LogP contribution in [0.2, 0.25) is 5.02 Å². The molecule has 0 bridgehead atoms. The van der Waals surface area contributed by atoms with Crippen molar-refractivity contribution in [2.45, 2.75) is 32.9 Å². The van der Waals surface area contributed by atoms with Crippen molar-refractivity contribution in [3.05, 3.63) is 102 Å². The number of thiazole rings is 1. The highest BCUT2D eigenvalue weighted by molar-refractivity contribution is 7.07. The molecule has 1 aliphatic rings. The number of nitrogens with one attached hydrogen (secondary N) is 1. The van der Waals surface area contributed by atoms with Crippen LogP contribution in [0.25, 0.3) is 17.0 Å². The summed E-state index contributed by atoms with van der Waals surface area (Å²) in [5.74, 6) is -0.484. The number of carbonyl (C=O) groups excluding carboxylic acids is 1. The molecular weight excluding hydrogens is 470 g/mol. The molecule has 6 nitrogen and oxygen atoms in total. The molecule has 0 saturated heterocycles. The summed E-state index contributed by atoms with van der Waals surface area (Å²) < 4.78 is 7.64. The summed E-state index contributed by atoms with van der Waals surface area (Å²) in [6, 6.07) is 14.4. The van der Waals surface area contributed by atoms with E-state index >= 15 is 0 Å². The Morgan fingerprint density at radius 3 is 2.68 bits per heavy atom. The van der Waals surface area contributed by atoms with E-state index in [1.807, 2.05) is 48.7 Å². The summed E-state index contributed by atoms with van der Waals surface area (Å²) in [5.41, 5.74) is 3.34. The summed E-state index contributed by atoms with van der Waals surface area (Å²) in [5, 5.41) is 1.60. The number of para-hydroxylation sites is 1. The maximum atomic E-state index is 13.7. The number of halogens is 1. The van der Waals surface area contributed by atoms with Gasteiger partial charge in [-0.2, -0.15) is 0 Å². The van der Waals surface area contributed by atoms with Gasteiger partial charge < -0.3 is 9.72 Å². The largest absolute Gasteiger partial charge is 0.459 e. The van der Waals surface area contributed by atoms with Gasteiger partial charge in [0.25, 0.3) is 5.56 Å². The van der Waals surface area contributed by atoms with Crippen molar-refractivity contribution in [1.82, 2.24) is 9.55 Å². The van der Waals surface area contributed by atoms with Gasteiger partial charge in [0.2, 0.25) is 0 Å². The van der Waals surface area contributed by atoms with E-state index in [4.69, 9.17) is 16.3 Å². The number of allylic oxidation sites excluding steroid dienone is 1. The fourth-order valence-corrected chi connectivity index (χ4v) is 5.34. The highest BCUT2D eigenvalue weighted by Crippen LogP contribution is 2.31. The standard InChI is InChI=1S/C26H22ClN3O3S/c1-14(2)33-25(32)22-15(3)29-26-30(23(22)16-8-10-18(27)11-9-16)24(31)21(34-26)12-17-13-28-20-7-5-4-6-19(17)20/h4-14,23,28H,1-3H3. The number of rotatable bonds is 4. The Balaban J connectivity index is 1.73. The van der Waals surface area contributed by atoms with Gasteiger partial charge in [0.1, 0.15) is 0 Å². The van der Waals surface area contributed by atoms with Crippen LogP contribution in [0.1, 0.15) is 37.9 Å². The molecule has 2 aromatic heterocycles. The van der Waals surface area contributed by atoms with Gasteiger partial charge in [-0.05, 0) is 50.6 Å². The smallest absolute Gasteiger partial charge is 0.338 e. The van der Waals surface area contributed by atoms with E-state index < -0.39 is 12.0 Å². The van der Waals surface area contributed by atoms with E-state index in [1.54, 1.807) is 37.5 Å². The number of aromatic nitrogens is 2. The van der Waals surface area contributed by atoms with Crippen LogP contribution in [-0.4, -0.2) is 21.6 Å². The van der Waals surface area contributed by atoms with Crippen LogP contribution >= 0.6 is 22.9 Å². The van der Waals surface area contributed by atoms with Crippen LogP contribution in [0.5, 0.6) is 0 Å². The molecule has 34 heavy (non-hydrogen) atoms. The Labute approximate surface area is 204 Å². The monoisotopic (exact) mass is 491 g/mol. The molecule has 0 amide bonds. The third-order valence-corrected chi connectivity index (χ3v) is 6.91. The Bertz CT molecular complexity index is 1620. The number of ether oxygens (including phenoxy) is 1. The fraction of sp³-hybridized carbons (Fsp3) is 0.192. The number of carbonyl (C=O) groups is 1. The van der Waals surface area contributed by atoms with Crippen molar-refractivity contribution < 1.29 is 9.53 Å². The van der Waals surface area contributed by atoms with Gasteiger partial charge in [0, 0.05) is 27.7 Å². The molecule has 5 rings (SSSR count). The van der Waals surface area contributed by atoms with Crippen molar-refractivity contribution in [3.63, 3.8) is 0 Å². The van der Waals surface area contributed by atoms with E-state index in [9.17, 15) is 9.59 Å². The van der Waals surface area contributed by atoms with Crippen molar-refractivity contribution in [2.24, 2.45) is 4.99 Å². The number of fused-ring (bicyclic) bond motifs is 2. The number of hydrogen-bond acceptors (Lipinski definition) is 5. The molecule has 1 N–H and O–H groups in total. The highest BCUT2D eigenvalue weighted by atomic mass is 35.5. The molecule has 0 radical (unpaired) electrons. The van der Waals surface area contributed by atoms with Gasteiger partial charge in [0.05, 0.1) is 27.9 Å². The van der Waals surface area contributed by atoms with Gasteiger partial charge in [-0.1, -0.05) is 53.3 Å². The van der Waals surface area contributed by atoms with Crippen LogP contribution in [0.3, 0.4) is 0 Å². The SMILES string of the molecule is CC1=C(C(=O)OC(C)C)C(c2ccc(Cl)cc2)n2c(sc(=Cc3c[nH]c4ccccc34)c2=O)=N1. The third kappa shape index (κ3) is 3.91. The van der Waals surface area contributed by atoms with E-state index in [2.05, 4.69) is 9.98 Å². The van der Waals surface area contributed by atoms with Crippen LogP contribution in [0.4, 0.5) is 0 Å². The molecule has 0 fully saturated rings. The van der Waals surface area contributed by atoms with Gasteiger partial charge >= 0.3 is 5.97 Å². The Kier molecular flexibility index (Phi) is 5.75. The molecule has 1 aliphatic heterocycles. The summed E-state index contributed by atoms with van der Waals surface area (Å²) >= 11 is 7.42. The Morgan fingerprint density at radius 2 is 1.94 bits per heavy atom. The lowest BCUT2D eigenvalue weighted by Gasteiger charge is -2.25. The molecule has 8 heteroatoms. The average Bonchev–Trinajstić information content (AvgIpc) is 3.34. The van der Waals surface area contributed by atoms with Gasteiger partial charge in [-0.25, -0.2) is 9.79 Å². The zero-order valence-electron chi connectivity index (χ0n) is 18.8. The molecule has 2 aromatic carbocycles. The summed E-state index contributed by atoms with van der Waals surface area (Å²) in [7, 11) is 0.